The van der Waals surface area contributed by atoms with Crippen LogP contribution < -0.4 is 0 Å². The highest BCUT2D eigenvalue weighted by molar-refractivity contribution is 5.89. The lowest BCUT2D eigenvalue weighted by Crippen LogP contribution is -2.01. The number of methoxy groups -OCH3 is 1. The molecule has 0 aromatic rings. The van der Waals surface area contributed by atoms with Gasteiger partial charge in [0.05, 0.1) is 26.6 Å². The number of esters is 1. The molecule has 4 nitrogen and oxygen atoms in total. The lowest BCUT2D eigenvalue weighted by Gasteiger charge is -1.96. The van der Waals surface area contributed by atoms with E-state index in [1.807, 2.05) is 0 Å². The first-order valence-electron chi connectivity index (χ1n) is 3.03. The Hall–Kier alpha value is -1.50. The van der Waals surface area contributed by atoms with Crippen molar-refractivity contribution < 1.29 is 14.3 Å². The highest BCUT2D eigenvalue weighted by atomic mass is 16.5. The molecule has 0 aliphatic rings. The SMILES string of the molecule is [C-]#[N+]C(=COCC)C(=O)OC. The van der Waals surface area contributed by atoms with E-state index in [0.29, 0.717) is 6.61 Å². The molecular formula is C7H9NO3. The van der Waals surface area contributed by atoms with Crippen molar-refractivity contribution in [2.75, 3.05) is 13.7 Å². The molecule has 0 aromatic carbocycles. The second kappa shape index (κ2) is 5.30. The molecule has 11 heavy (non-hydrogen) atoms. The van der Waals surface area contributed by atoms with Crippen molar-refractivity contribution in [1.29, 1.82) is 0 Å². The van der Waals surface area contributed by atoms with E-state index in [0.717, 1.165) is 6.26 Å². The Balaban J connectivity index is 4.18. The normalized spacial score (nSPS) is 10.1. The van der Waals surface area contributed by atoms with Gasteiger partial charge in [0.2, 0.25) is 0 Å². The lowest BCUT2D eigenvalue weighted by molar-refractivity contribution is -0.135. The molecule has 0 N–H and O–H groups in total. The summed E-state index contributed by atoms with van der Waals surface area (Å²) in [6, 6.07) is 0. The maximum atomic E-state index is 10.7. The Morgan fingerprint density at radius 1 is 1.73 bits per heavy atom. The number of hydrogen-bond acceptors (Lipinski definition) is 3. The predicted octanol–water partition coefficient (Wildman–Crippen LogP) is 0.957. The van der Waals surface area contributed by atoms with Crippen LogP contribution in [0.25, 0.3) is 4.85 Å². The van der Waals surface area contributed by atoms with E-state index in [2.05, 4.69) is 9.58 Å². The van der Waals surface area contributed by atoms with Crippen molar-refractivity contribution in [3.63, 3.8) is 0 Å². The number of hydrogen-bond donors (Lipinski definition) is 0. The summed E-state index contributed by atoms with van der Waals surface area (Å²) in [6.07, 6.45) is 1.10. The summed E-state index contributed by atoms with van der Waals surface area (Å²) < 4.78 is 9.03. The first kappa shape index (κ1) is 9.50. The molecule has 0 spiro atoms. The summed E-state index contributed by atoms with van der Waals surface area (Å²) in [6.45, 7) is 8.73. The van der Waals surface area contributed by atoms with Gasteiger partial charge in [0.15, 0.2) is 0 Å². The van der Waals surface area contributed by atoms with Crippen molar-refractivity contribution >= 4 is 5.97 Å². The monoisotopic (exact) mass is 155 g/mol. The van der Waals surface area contributed by atoms with Gasteiger partial charge >= 0.3 is 11.7 Å². The van der Waals surface area contributed by atoms with Crippen LogP contribution in [-0.4, -0.2) is 19.7 Å². The Morgan fingerprint density at radius 2 is 2.36 bits per heavy atom. The lowest BCUT2D eigenvalue weighted by atomic mass is 10.5. The number of carbonyl (C=O) groups excluding carboxylic acids is 1. The third-order valence-electron chi connectivity index (χ3n) is 0.877. The summed E-state index contributed by atoms with van der Waals surface area (Å²) in [7, 11) is 1.22. The van der Waals surface area contributed by atoms with Crippen molar-refractivity contribution in [1.82, 2.24) is 0 Å². The molecule has 60 valence electrons. The van der Waals surface area contributed by atoms with E-state index < -0.39 is 5.97 Å². The van der Waals surface area contributed by atoms with Gasteiger partial charge in [-0.3, -0.25) is 4.79 Å². The van der Waals surface area contributed by atoms with Gasteiger partial charge < -0.3 is 9.47 Å². The average Bonchev–Trinajstić information content (AvgIpc) is 2.05. The zero-order chi connectivity index (χ0) is 8.69. The van der Waals surface area contributed by atoms with Crippen LogP contribution in [0.1, 0.15) is 6.92 Å². The molecule has 0 radical (unpaired) electrons. The zero-order valence-corrected chi connectivity index (χ0v) is 6.46. The first-order chi connectivity index (χ1) is 5.26. The third-order valence-corrected chi connectivity index (χ3v) is 0.877. The van der Waals surface area contributed by atoms with E-state index in [4.69, 9.17) is 11.3 Å². The van der Waals surface area contributed by atoms with Crippen molar-refractivity contribution in [2.24, 2.45) is 0 Å². The Kier molecular flexibility index (Phi) is 4.58. The number of rotatable bonds is 3. The van der Waals surface area contributed by atoms with Crippen LogP contribution in [0, 0.1) is 6.57 Å². The topological polar surface area (TPSA) is 39.9 Å². The second-order valence-electron chi connectivity index (χ2n) is 1.56. The van der Waals surface area contributed by atoms with Crippen molar-refractivity contribution in [2.45, 2.75) is 6.92 Å². The molecule has 0 rings (SSSR count). The maximum Gasteiger partial charge on any atom is 0.339 e. The quantitative estimate of drug-likeness (QED) is 0.264. The van der Waals surface area contributed by atoms with E-state index in [-0.39, 0.29) is 5.70 Å². The van der Waals surface area contributed by atoms with Crippen LogP contribution in [0.5, 0.6) is 0 Å². The molecule has 0 bridgehead atoms. The van der Waals surface area contributed by atoms with Crippen LogP contribution in [-0.2, 0) is 14.3 Å². The highest BCUT2D eigenvalue weighted by Gasteiger charge is 2.08. The molecule has 0 saturated heterocycles. The number of ether oxygens (including phenoxy) is 2. The average molecular weight is 155 g/mol. The van der Waals surface area contributed by atoms with E-state index in [1.54, 1.807) is 6.92 Å². The maximum absolute atomic E-state index is 10.7. The molecule has 0 aliphatic carbocycles. The zero-order valence-electron chi connectivity index (χ0n) is 6.46. The fraction of sp³-hybridized carbons (Fsp3) is 0.429. The molecule has 0 amide bonds. The van der Waals surface area contributed by atoms with Gasteiger partial charge in [0.1, 0.15) is 0 Å². The molecule has 0 atom stereocenters. The Morgan fingerprint density at radius 3 is 2.73 bits per heavy atom. The van der Waals surface area contributed by atoms with Crippen LogP contribution in [0.15, 0.2) is 12.0 Å². The van der Waals surface area contributed by atoms with Crippen LogP contribution >= 0.6 is 0 Å². The van der Waals surface area contributed by atoms with Crippen molar-refractivity contribution in [3.05, 3.63) is 23.4 Å². The predicted molar refractivity (Wildman–Crippen MR) is 38.3 cm³/mol. The minimum atomic E-state index is -0.673. The largest absolute Gasteiger partial charge is 0.512 e. The van der Waals surface area contributed by atoms with Gasteiger partial charge in [-0.05, 0) is 6.92 Å². The molecule has 0 aromatic heterocycles. The molecule has 0 fully saturated rings. The molecular weight excluding hydrogens is 146 g/mol. The fourth-order valence-corrected chi connectivity index (χ4v) is 0.387. The minimum Gasteiger partial charge on any atom is -0.512 e. The van der Waals surface area contributed by atoms with Crippen LogP contribution in [0.3, 0.4) is 0 Å². The standard InChI is InChI=1S/C7H9NO3/c1-4-11-5-6(8-2)7(9)10-3/h5H,4H2,1,3H3. The molecule has 0 aliphatic heterocycles. The van der Waals surface area contributed by atoms with Crippen LogP contribution in [0.2, 0.25) is 0 Å². The Bertz CT molecular complexity index is 202. The van der Waals surface area contributed by atoms with Gasteiger partial charge in [0.25, 0.3) is 0 Å². The van der Waals surface area contributed by atoms with E-state index in [1.165, 1.54) is 7.11 Å². The summed E-state index contributed by atoms with van der Waals surface area (Å²) in [4.78, 5) is 13.6. The second-order valence-corrected chi connectivity index (χ2v) is 1.56. The third kappa shape index (κ3) is 3.26. The van der Waals surface area contributed by atoms with Crippen LogP contribution in [0.4, 0.5) is 0 Å². The fourth-order valence-electron chi connectivity index (χ4n) is 0.387. The van der Waals surface area contributed by atoms with Crippen molar-refractivity contribution in [3.8, 4) is 0 Å². The molecule has 4 heteroatoms. The smallest absolute Gasteiger partial charge is 0.339 e. The summed E-state index contributed by atoms with van der Waals surface area (Å²) in [5.74, 6) is -0.673. The van der Waals surface area contributed by atoms with E-state index in [9.17, 15) is 4.79 Å². The first-order valence-corrected chi connectivity index (χ1v) is 3.03. The summed E-state index contributed by atoms with van der Waals surface area (Å²) in [5.41, 5.74) is -0.144. The Labute approximate surface area is 65.2 Å². The summed E-state index contributed by atoms with van der Waals surface area (Å²) in [5, 5.41) is 0. The molecule has 0 saturated carbocycles. The molecule has 0 heterocycles. The molecule has 0 unspecified atom stereocenters. The number of carbonyl (C=O) groups is 1. The number of nitrogens with zero attached hydrogens (tertiary/aromatic N) is 1. The minimum absolute atomic E-state index is 0.144. The van der Waals surface area contributed by atoms with Gasteiger partial charge in [0, 0.05) is 0 Å². The van der Waals surface area contributed by atoms with Gasteiger partial charge in [-0.15, -0.1) is 0 Å². The van der Waals surface area contributed by atoms with Gasteiger partial charge in [-0.2, -0.15) is 0 Å². The van der Waals surface area contributed by atoms with E-state index >= 15 is 0 Å². The summed E-state index contributed by atoms with van der Waals surface area (Å²) >= 11 is 0. The highest BCUT2D eigenvalue weighted by Crippen LogP contribution is 1.98. The van der Waals surface area contributed by atoms with Gasteiger partial charge in [-0.25, -0.2) is 4.85 Å². The van der Waals surface area contributed by atoms with Gasteiger partial charge in [-0.1, -0.05) is 0 Å².